The molecule has 32 heavy (non-hydrogen) atoms. The summed E-state index contributed by atoms with van der Waals surface area (Å²) in [5, 5.41) is 2.73. The number of aryl methyl sites for hydroxylation is 1. The minimum Gasteiger partial charge on any atom is -0.497 e. The first-order valence-corrected chi connectivity index (χ1v) is 10.0. The second kappa shape index (κ2) is 10.5. The van der Waals surface area contributed by atoms with Crippen molar-refractivity contribution in [1.82, 2.24) is 9.88 Å². The molecule has 0 radical (unpaired) electrons. The van der Waals surface area contributed by atoms with Gasteiger partial charge in [-0.05, 0) is 31.2 Å². The van der Waals surface area contributed by atoms with E-state index >= 15 is 0 Å². The number of oxazole rings is 1. The third kappa shape index (κ3) is 5.90. The predicted octanol–water partition coefficient (Wildman–Crippen LogP) is 4.05. The summed E-state index contributed by atoms with van der Waals surface area (Å²) in [5.41, 5.74) is 0.652. The molecule has 3 aromatic rings. The lowest BCUT2D eigenvalue weighted by Gasteiger charge is -2.20. The molecule has 0 bridgehead atoms. The van der Waals surface area contributed by atoms with Crippen LogP contribution < -0.4 is 10.1 Å². The molecule has 0 unspecified atom stereocenters. The molecule has 2 aromatic carbocycles. The minimum atomic E-state index is -0.761. The highest BCUT2D eigenvalue weighted by molar-refractivity contribution is 5.94. The van der Waals surface area contributed by atoms with E-state index in [1.165, 1.54) is 24.3 Å². The van der Waals surface area contributed by atoms with Gasteiger partial charge in [-0.25, -0.2) is 13.8 Å². The lowest BCUT2D eigenvalue weighted by Crippen LogP contribution is -2.38. The van der Waals surface area contributed by atoms with Gasteiger partial charge in [0.15, 0.2) is 11.7 Å². The van der Waals surface area contributed by atoms with Gasteiger partial charge in [0.25, 0.3) is 0 Å². The number of anilines is 1. The molecular weight excluding hydrogens is 420 g/mol. The number of hydrogen-bond donors (Lipinski definition) is 1. The van der Waals surface area contributed by atoms with E-state index < -0.39 is 11.6 Å². The number of ether oxygens (including phenoxy) is 1. The van der Waals surface area contributed by atoms with Crippen molar-refractivity contribution in [2.24, 2.45) is 0 Å². The molecule has 168 valence electrons. The number of benzene rings is 2. The summed E-state index contributed by atoms with van der Waals surface area (Å²) in [6.45, 7) is 2.02. The third-order valence-electron chi connectivity index (χ3n) is 4.73. The van der Waals surface area contributed by atoms with Gasteiger partial charge in [-0.2, -0.15) is 0 Å². The molecule has 0 saturated heterocycles. The van der Waals surface area contributed by atoms with Gasteiger partial charge < -0.3 is 19.4 Å². The Hall–Kier alpha value is -3.75. The molecule has 1 aromatic heterocycles. The highest BCUT2D eigenvalue weighted by Gasteiger charge is 2.18. The van der Waals surface area contributed by atoms with Crippen LogP contribution in [0.3, 0.4) is 0 Å². The molecule has 1 N–H and O–H groups in total. The fourth-order valence-corrected chi connectivity index (χ4v) is 3.06. The molecule has 0 fully saturated rings. The average molecular weight is 443 g/mol. The van der Waals surface area contributed by atoms with Gasteiger partial charge in [0, 0.05) is 37.2 Å². The van der Waals surface area contributed by atoms with Crippen LogP contribution in [0.25, 0.3) is 11.3 Å². The molecule has 2 amide bonds. The van der Waals surface area contributed by atoms with E-state index in [4.69, 9.17) is 9.15 Å². The van der Waals surface area contributed by atoms with E-state index in [-0.39, 0.29) is 48.4 Å². The molecule has 0 aliphatic carbocycles. The number of likely N-dealkylation sites (N-methyl/N-ethyl adjacent to an activating group) is 1. The zero-order valence-electron chi connectivity index (χ0n) is 17.7. The average Bonchev–Trinajstić information content (AvgIpc) is 3.24. The fourth-order valence-electron chi connectivity index (χ4n) is 3.06. The summed E-state index contributed by atoms with van der Waals surface area (Å²) in [6.07, 6.45) is 1.57. The van der Waals surface area contributed by atoms with Gasteiger partial charge in [0.2, 0.25) is 11.8 Å². The Morgan fingerprint density at radius 2 is 2.00 bits per heavy atom. The molecule has 9 heteroatoms. The van der Waals surface area contributed by atoms with Crippen LogP contribution in [0.1, 0.15) is 19.2 Å². The van der Waals surface area contributed by atoms with Gasteiger partial charge in [-0.3, -0.25) is 9.59 Å². The molecule has 3 rings (SSSR count). The van der Waals surface area contributed by atoms with Crippen LogP contribution >= 0.6 is 0 Å². The van der Waals surface area contributed by atoms with E-state index in [1.54, 1.807) is 31.2 Å². The second-order valence-electron chi connectivity index (χ2n) is 6.93. The van der Waals surface area contributed by atoms with Crippen LogP contribution in [0.5, 0.6) is 5.75 Å². The first-order chi connectivity index (χ1) is 15.4. The number of carbonyl (C=O) groups excluding carboxylic acids is 2. The summed E-state index contributed by atoms with van der Waals surface area (Å²) < 4.78 is 37.6. The van der Waals surface area contributed by atoms with E-state index in [0.29, 0.717) is 18.0 Å². The van der Waals surface area contributed by atoms with E-state index in [0.717, 1.165) is 12.1 Å². The number of halogens is 2. The maximum absolute atomic E-state index is 13.9. The number of nitrogens with one attached hydrogen (secondary N) is 1. The highest BCUT2D eigenvalue weighted by atomic mass is 19.1. The van der Waals surface area contributed by atoms with Crippen molar-refractivity contribution in [1.29, 1.82) is 0 Å². The van der Waals surface area contributed by atoms with E-state index in [9.17, 15) is 18.4 Å². The Kier molecular flexibility index (Phi) is 7.54. The summed E-state index contributed by atoms with van der Waals surface area (Å²) in [7, 11) is 1.53. The first kappa shape index (κ1) is 22.9. The zero-order valence-corrected chi connectivity index (χ0v) is 17.7. The number of methoxy groups -OCH3 is 1. The van der Waals surface area contributed by atoms with Crippen LogP contribution in [-0.4, -0.2) is 41.9 Å². The quantitative estimate of drug-likeness (QED) is 0.539. The molecule has 0 spiro atoms. The third-order valence-corrected chi connectivity index (χ3v) is 4.73. The van der Waals surface area contributed by atoms with Crippen molar-refractivity contribution in [3.8, 4) is 17.1 Å². The van der Waals surface area contributed by atoms with Gasteiger partial charge in [-0.1, -0.05) is 6.07 Å². The lowest BCUT2D eigenvalue weighted by molar-refractivity contribution is -0.134. The topological polar surface area (TPSA) is 84.7 Å². The van der Waals surface area contributed by atoms with Gasteiger partial charge in [0.05, 0.1) is 25.4 Å². The smallest absolute Gasteiger partial charge is 0.243 e. The monoisotopic (exact) mass is 443 g/mol. The van der Waals surface area contributed by atoms with Crippen LogP contribution in [-0.2, 0) is 16.0 Å². The van der Waals surface area contributed by atoms with Crippen molar-refractivity contribution in [2.45, 2.75) is 19.8 Å². The zero-order chi connectivity index (χ0) is 23.1. The number of nitrogens with zero attached hydrogens (tertiary/aromatic N) is 2. The summed E-state index contributed by atoms with van der Waals surface area (Å²) in [5.74, 6) is -1.03. The number of rotatable bonds is 9. The lowest BCUT2D eigenvalue weighted by atomic mass is 10.2. The van der Waals surface area contributed by atoms with Crippen LogP contribution in [0.4, 0.5) is 14.5 Å². The van der Waals surface area contributed by atoms with E-state index in [1.807, 2.05) is 0 Å². The number of carbonyl (C=O) groups is 2. The normalized spacial score (nSPS) is 10.6. The Morgan fingerprint density at radius 1 is 1.19 bits per heavy atom. The summed E-state index contributed by atoms with van der Waals surface area (Å²) in [6, 6.07) is 10.1. The number of aromatic nitrogens is 1. The Labute approximate surface area is 184 Å². The minimum absolute atomic E-state index is 0.0616. The Morgan fingerprint density at radius 3 is 2.72 bits per heavy atom. The summed E-state index contributed by atoms with van der Waals surface area (Å²) >= 11 is 0. The molecular formula is C23H23F2N3O4. The van der Waals surface area contributed by atoms with Gasteiger partial charge >= 0.3 is 0 Å². The van der Waals surface area contributed by atoms with Crippen molar-refractivity contribution < 1.29 is 27.5 Å². The standard InChI is InChI=1S/C23H23F2N3O4/c1-3-28(14-21(29)27-16-5-4-6-17(12-16)31-2)23(30)10-9-22-26-13-20(32-22)18-8-7-15(24)11-19(18)25/h4-8,11-13H,3,9-10,14H2,1-2H3,(H,27,29). The number of hydrogen-bond acceptors (Lipinski definition) is 5. The van der Waals surface area contributed by atoms with Gasteiger partial charge in [-0.15, -0.1) is 0 Å². The Balaban J connectivity index is 1.55. The highest BCUT2D eigenvalue weighted by Crippen LogP contribution is 2.24. The fraction of sp³-hybridized carbons (Fsp3) is 0.261. The summed E-state index contributed by atoms with van der Waals surface area (Å²) in [4.78, 5) is 30.4. The second-order valence-corrected chi connectivity index (χ2v) is 6.93. The maximum atomic E-state index is 13.9. The SMILES string of the molecule is CCN(CC(=O)Nc1cccc(OC)c1)C(=O)CCc1ncc(-c2ccc(F)cc2F)o1. The van der Waals surface area contributed by atoms with Crippen molar-refractivity contribution in [2.75, 3.05) is 25.5 Å². The van der Waals surface area contributed by atoms with Crippen molar-refractivity contribution in [3.63, 3.8) is 0 Å². The number of amides is 2. The largest absolute Gasteiger partial charge is 0.497 e. The molecule has 0 atom stereocenters. The van der Waals surface area contributed by atoms with E-state index in [2.05, 4.69) is 10.3 Å². The Bertz CT molecular complexity index is 1100. The predicted molar refractivity (Wildman–Crippen MR) is 114 cm³/mol. The molecule has 0 saturated carbocycles. The molecule has 1 heterocycles. The van der Waals surface area contributed by atoms with Crippen molar-refractivity contribution in [3.05, 3.63) is 66.2 Å². The molecule has 0 aliphatic heterocycles. The molecule has 7 nitrogen and oxygen atoms in total. The van der Waals surface area contributed by atoms with Crippen LogP contribution in [0.15, 0.2) is 53.1 Å². The van der Waals surface area contributed by atoms with Crippen molar-refractivity contribution >= 4 is 17.5 Å². The molecule has 0 aliphatic rings. The van der Waals surface area contributed by atoms with Gasteiger partial charge in [0.1, 0.15) is 17.4 Å². The first-order valence-electron chi connectivity index (χ1n) is 10.0. The van der Waals surface area contributed by atoms with Crippen LogP contribution in [0.2, 0.25) is 0 Å². The maximum Gasteiger partial charge on any atom is 0.243 e. The van der Waals surface area contributed by atoms with Crippen LogP contribution in [0, 0.1) is 11.6 Å².